The molecule has 0 fully saturated rings. The van der Waals surface area contributed by atoms with Gasteiger partial charge in [0.15, 0.2) is 0 Å². The highest BCUT2D eigenvalue weighted by atomic mass is 35.5. The Morgan fingerprint density at radius 1 is 1.12 bits per heavy atom. The second-order valence-corrected chi connectivity index (χ2v) is 6.13. The molecule has 132 valence electrons. The molecule has 7 heteroatoms. The lowest BCUT2D eigenvalue weighted by molar-refractivity contribution is 0.102. The fourth-order valence-electron chi connectivity index (χ4n) is 2.24. The number of nitrogens with one attached hydrogen (secondary N) is 2. The molecular formula is C19H16ClFN4O. The van der Waals surface area contributed by atoms with Crippen LogP contribution in [0, 0.1) is 12.7 Å². The van der Waals surface area contributed by atoms with Crippen molar-refractivity contribution in [2.24, 2.45) is 0 Å². The Balaban J connectivity index is 1.62. The van der Waals surface area contributed by atoms with Gasteiger partial charge in [0.1, 0.15) is 5.82 Å². The molecule has 0 saturated carbocycles. The zero-order valence-electron chi connectivity index (χ0n) is 14.0. The highest BCUT2D eigenvalue weighted by Crippen LogP contribution is 2.20. The van der Waals surface area contributed by atoms with Crippen LogP contribution in [0.15, 0.2) is 54.9 Å². The third kappa shape index (κ3) is 4.55. The Hall–Kier alpha value is -2.99. The van der Waals surface area contributed by atoms with Gasteiger partial charge in [0.2, 0.25) is 5.95 Å². The molecule has 1 amide bonds. The monoisotopic (exact) mass is 370 g/mol. The molecule has 2 aromatic carbocycles. The molecule has 0 aliphatic heterocycles. The van der Waals surface area contributed by atoms with Gasteiger partial charge in [0, 0.05) is 29.6 Å². The SMILES string of the molecule is Cc1ccc(Cl)cc1NC(=O)c1cnc(NCc2ccc(F)cc2)nc1. The van der Waals surface area contributed by atoms with Crippen LogP contribution in [0.5, 0.6) is 0 Å². The number of amides is 1. The van der Waals surface area contributed by atoms with Gasteiger partial charge in [-0.25, -0.2) is 14.4 Å². The average Bonchev–Trinajstić information content (AvgIpc) is 2.64. The van der Waals surface area contributed by atoms with E-state index in [4.69, 9.17) is 11.6 Å². The van der Waals surface area contributed by atoms with Crippen molar-refractivity contribution in [2.75, 3.05) is 10.6 Å². The van der Waals surface area contributed by atoms with Crippen LogP contribution in [0.4, 0.5) is 16.0 Å². The number of hydrogen-bond donors (Lipinski definition) is 2. The van der Waals surface area contributed by atoms with Crippen molar-refractivity contribution in [3.8, 4) is 0 Å². The predicted octanol–water partition coefficient (Wildman–Crippen LogP) is 4.44. The molecular weight excluding hydrogens is 355 g/mol. The lowest BCUT2D eigenvalue weighted by Crippen LogP contribution is -2.14. The molecule has 0 saturated heterocycles. The first kappa shape index (κ1) is 17.8. The summed E-state index contributed by atoms with van der Waals surface area (Å²) in [6.45, 7) is 2.33. The Kier molecular flexibility index (Phi) is 5.43. The molecule has 1 heterocycles. The van der Waals surface area contributed by atoms with Crippen molar-refractivity contribution in [1.29, 1.82) is 0 Å². The highest BCUT2D eigenvalue weighted by Gasteiger charge is 2.09. The molecule has 0 aliphatic carbocycles. The lowest BCUT2D eigenvalue weighted by atomic mass is 10.2. The van der Waals surface area contributed by atoms with Crippen molar-refractivity contribution >= 4 is 29.1 Å². The van der Waals surface area contributed by atoms with E-state index >= 15 is 0 Å². The number of nitrogens with zero attached hydrogens (tertiary/aromatic N) is 2. The van der Waals surface area contributed by atoms with E-state index in [1.807, 2.05) is 13.0 Å². The van der Waals surface area contributed by atoms with E-state index in [-0.39, 0.29) is 11.7 Å². The number of hydrogen-bond acceptors (Lipinski definition) is 4. The normalized spacial score (nSPS) is 10.4. The maximum absolute atomic E-state index is 12.9. The summed E-state index contributed by atoms with van der Waals surface area (Å²) < 4.78 is 12.9. The molecule has 2 N–H and O–H groups in total. The summed E-state index contributed by atoms with van der Waals surface area (Å²) in [6.07, 6.45) is 2.88. The van der Waals surface area contributed by atoms with E-state index < -0.39 is 0 Å². The zero-order valence-corrected chi connectivity index (χ0v) is 14.7. The van der Waals surface area contributed by atoms with E-state index in [1.54, 1.807) is 24.3 Å². The average molecular weight is 371 g/mol. The van der Waals surface area contributed by atoms with E-state index in [0.717, 1.165) is 11.1 Å². The fraction of sp³-hybridized carbons (Fsp3) is 0.105. The largest absolute Gasteiger partial charge is 0.350 e. The van der Waals surface area contributed by atoms with Crippen LogP contribution < -0.4 is 10.6 Å². The van der Waals surface area contributed by atoms with Crippen LogP contribution in [0.1, 0.15) is 21.5 Å². The quantitative estimate of drug-likeness (QED) is 0.696. The number of halogens is 2. The Morgan fingerprint density at radius 3 is 2.50 bits per heavy atom. The molecule has 5 nitrogen and oxygen atoms in total. The summed E-state index contributed by atoms with van der Waals surface area (Å²) in [5.41, 5.74) is 2.77. The maximum atomic E-state index is 12.9. The van der Waals surface area contributed by atoms with E-state index in [1.165, 1.54) is 24.5 Å². The predicted molar refractivity (Wildman–Crippen MR) is 99.9 cm³/mol. The molecule has 0 atom stereocenters. The number of aromatic nitrogens is 2. The van der Waals surface area contributed by atoms with Gasteiger partial charge < -0.3 is 10.6 Å². The summed E-state index contributed by atoms with van der Waals surface area (Å²) in [5, 5.41) is 6.35. The second kappa shape index (κ2) is 7.93. The van der Waals surface area contributed by atoms with Crippen LogP contribution in [-0.4, -0.2) is 15.9 Å². The third-order valence-electron chi connectivity index (χ3n) is 3.73. The topological polar surface area (TPSA) is 66.9 Å². The first-order valence-electron chi connectivity index (χ1n) is 7.89. The number of carbonyl (C=O) groups is 1. The summed E-state index contributed by atoms with van der Waals surface area (Å²) in [4.78, 5) is 20.6. The molecule has 3 rings (SSSR count). The summed E-state index contributed by atoms with van der Waals surface area (Å²) in [6, 6.07) is 11.4. The van der Waals surface area contributed by atoms with Gasteiger partial charge in [-0.2, -0.15) is 0 Å². The fourth-order valence-corrected chi connectivity index (χ4v) is 2.42. The smallest absolute Gasteiger partial charge is 0.258 e. The third-order valence-corrected chi connectivity index (χ3v) is 3.96. The maximum Gasteiger partial charge on any atom is 0.258 e. The van der Waals surface area contributed by atoms with Gasteiger partial charge in [-0.15, -0.1) is 0 Å². The number of carbonyl (C=O) groups excluding carboxylic acids is 1. The number of rotatable bonds is 5. The standard InChI is InChI=1S/C19H16ClFN4O/c1-12-2-5-15(20)8-17(12)25-18(26)14-10-23-19(24-11-14)22-9-13-3-6-16(21)7-4-13/h2-8,10-11H,9H2,1H3,(H,25,26)(H,22,23,24). The summed E-state index contributed by atoms with van der Waals surface area (Å²) >= 11 is 5.96. The van der Waals surface area contributed by atoms with Gasteiger partial charge in [-0.3, -0.25) is 4.79 Å². The van der Waals surface area contributed by atoms with Crippen molar-refractivity contribution < 1.29 is 9.18 Å². The minimum atomic E-state index is -0.319. The molecule has 0 bridgehead atoms. The van der Waals surface area contributed by atoms with Crippen molar-refractivity contribution in [1.82, 2.24) is 9.97 Å². The van der Waals surface area contributed by atoms with Gasteiger partial charge in [0.25, 0.3) is 5.91 Å². The minimum absolute atomic E-state index is 0.282. The van der Waals surface area contributed by atoms with Gasteiger partial charge in [-0.1, -0.05) is 29.8 Å². The Bertz CT molecular complexity index is 914. The van der Waals surface area contributed by atoms with E-state index in [9.17, 15) is 9.18 Å². The molecule has 1 aromatic heterocycles. The van der Waals surface area contributed by atoms with Gasteiger partial charge in [0.05, 0.1) is 5.56 Å². The van der Waals surface area contributed by atoms with Gasteiger partial charge in [-0.05, 0) is 42.3 Å². The summed E-state index contributed by atoms with van der Waals surface area (Å²) in [5.74, 6) is -0.222. The van der Waals surface area contributed by atoms with Crippen molar-refractivity contribution in [2.45, 2.75) is 13.5 Å². The minimum Gasteiger partial charge on any atom is -0.350 e. The van der Waals surface area contributed by atoms with Crippen LogP contribution in [0.2, 0.25) is 5.02 Å². The Morgan fingerprint density at radius 2 is 1.81 bits per heavy atom. The summed E-state index contributed by atoms with van der Waals surface area (Å²) in [7, 11) is 0. The van der Waals surface area contributed by atoms with Crippen LogP contribution in [0.3, 0.4) is 0 Å². The number of aryl methyl sites for hydroxylation is 1. The molecule has 0 aliphatic rings. The number of anilines is 2. The molecule has 0 unspecified atom stereocenters. The zero-order chi connectivity index (χ0) is 18.5. The second-order valence-electron chi connectivity index (χ2n) is 5.69. The molecule has 3 aromatic rings. The van der Waals surface area contributed by atoms with E-state index in [0.29, 0.717) is 28.8 Å². The van der Waals surface area contributed by atoms with Crippen molar-refractivity contribution in [3.63, 3.8) is 0 Å². The number of benzene rings is 2. The van der Waals surface area contributed by atoms with Crippen LogP contribution in [-0.2, 0) is 6.54 Å². The van der Waals surface area contributed by atoms with Crippen molar-refractivity contribution in [3.05, 3.63) is 82.4 Å². The van der Waals surface area contributed by atoms with Crippen LogP contribution >= 0.6 is 11.6 Å². The van der Waals surface area contributed by atoms with Crippen LogP contribution in [0.25, 0.3) is 0 Å². The Labute approximate surface area is 155 Å². The van der Waals surface area contributed by atoms with Gasteiger partial charge >= 0.3 is 0 Å². The first-order chi connectivity index (χ1) is 12.5. The molecule has 0 spiro atoms. The molecule has 0 radical (unpaired) electrons. The lowest BCUT2D eigenvalue weighted by Gasteiger charge is -2.09. The van der Waals surface area contributed by atoms with E-state index in [2.05, 4.69) is 20.6 Å². The first-order valence-corrected chi connectivity index (χ1v) is 8.27. The highest BCUT2D eigenvalue weighted by molar-refractivity contribution is 6.31. The molecule has 26 heavy (non-hydrogen) atoms.